The zero-order valence-corrected chi connectivity index (χ0v) is 13.8. The van der Waals surface area contributed by atoms with Crippen LogP contribution in [0.15, 0.2) is 6.07 Å². The summed E-state index contributed by atoms with van der Waals surface area (Å²) in [7, 11) is 0. The Morgan fingerprint density at radius 3 is 2.81 bits per heavy atom. The average molecular weight is 310 g/mol. The van der Waals surface area contributed by atoms with Gasteiger partial charge in [0.2, 0.25) is 0 Å². The molecule has 0 bridgehead atoms. The van der Waals surface area contributed by atoms with Gasteiger partial charge in [-0.3, -0.25) is 4.79 Å². The first-order valence-corrected chi connectivity index (χ1v) is 8.69. The van der Waals surface area contributed by atoms with Gasteiger partial charge in [0.25, 0.3) is 5.91 Å². The van der Waals surface area contributed by atoms with E-state index in [1.165, 1.54) is 10.4 Å². The summed E-state index contributed by atoms with van der Waals surface area (Å²) in [5.41, 5.74) is 1.22. The molecule has 1 aliphatic heterocycles. The van der Waals surface area contributed by atoms with Crippen molar-refractivity contribution in [1.29, 1.82) is 0 Å². The number of carbonyl (C=O) groups excluding carboxylic acids is 1. The lowest BCUT2D eigenvalue weighted by molar-refractivity contribution is 0.0816. The van der Waals surface area contributed by atoms with E-state index in [9.17, 15) is 9.90 Å². The van der Waals surface area contributed by atoms with Crippen LogP contribution in [0.4, 0.5) is 0 Å². The molecule has 0 aliphatic carbocycles. The number of rotatable bonds is 6. The van der Waals surface area contributed by atoms with Gasteiger partial charge in [0.05, 0.1) is 11.0 Å². The van der Waals surface area contributed by atoms with Crippen molar-refractivity contribution in [2.24, 2.45) is 0 Å². The minimum atomic E-state index is -0.115. The molecule has 0 unspecified atom stereocenters. The highest BCUT2D eigenvalue weighted by molar-refractivity contribution is 7.14. The fraction of sp³-hybridized carbons (Fsp3) is 0.688. The maximum atomic E-state index is 12.1. The van der Waals surface area contributed by atoms with E-state index in [4.69, 9.17) is 0 Å². The SMILES string of the molecule is CCc1sc(C(=O)NCCCN2CCC(O)CC2)cc1C. The number of aryl methyl sites for hydroxylation is 2. The van der Waals surface area contributed by atoms with E-state index in [1.807, 2.05) is 6.07 Å². The maximum Gasteiger partial charge on any atom is 0.261 e. The molecule has 0 saturated carbocycles. The quantitative estimate of drug-likeness (QED) is 0.792. The molecule has 1 aromatic heterocycles. The van der Waals surface area contributed by atoms with E-state index >= 15 is 0 Å². The number of aliphatic hydroxyl groups excluding tert-OH is 1. The number of piperidine rings is 1. The molecule has 1 fully saturated rings. The number of hydrogen-bond acceptors (Lipinski definition) is 4. The van der Waals surface area contributed by atoms with Crippen molar-refractivity contribution < 1.29 is 9.90 Å². The molecule has 0 radical (unpaired) electrons. The molecule has 1 aromatic rings. The van der Waals surface area contributed by atoms with Gasteiger partial charge in [0.15, 0.2) is 0 Å². The largest absolute Gasteiger partial charge is 0.393 e. The van der Waals surface area contributed by atoms with Gasteiger partial charge in [-0.05, 0) is 50.8 Å². The van der Waals surface area contributed by atoms with Gasteiger partial charge in [0, 0.05) is 24.5 Å². The number of carbonyl (C=O) groups is 1. The summed E-state index contributed by atoms with van der Waals surface area (Å²) in [6.07, 6.45) is 3.59. The van der Waals surface area contributed by atoms with Crippen LogP contribution in [-0.4, -0.2) is 48.2 Å². The predicted octanol–water partition coefficient (Wildman–Crippen LogP) is 2.20. The Balaban J connectivity index is 1.67. The monoisotopic (exact) mass is 310 g/mol. The Hall–Kier alpha value is -0.910. The molecule has 4 nitrogen and oxygen atoms in total. The summed E-state index contributed by atoms with van der Waals surface area (Å²) in [5.74, 6) is 0.0527. The zero-order chi connectivity index (χ0) is 15.2. The van der Waals surface area contributed by atoms with E-state index in [1.54, 1.807) is 11.3 Å². The van der Waals surface area contributed by atoms with Crippen molar-refractivity contribution in [2.45, 2.75) is 45.6 Å². The summed E-state index contributed by atoms with van der Waals surface area (Å²) in [5, 5.41) is 12.5. The van der Waals surface area contributed by atoms with Crippen LogP contribution < -0.4 is 5.32 Å². The zero-order valence-electron chi connectivity index (χ0n) is 13.0. The van der Waals surface area contributed by atoms with Crippen molar-refractivity contribution in [1.82, 2.24) is 10.2 Å². The van der Waals surface area contributed by atoms with Crippen LogP contribution in [0.2, 0.25) is 0 Å². The number of hydrogen-bond donors (Lipinski definition) is 2. The van der Waals surface area contributed by atoms with E-state index < -0.39 is 0 Å². The highest BCUT2D eigenvalue weighted by Gasteiger charge is 2.16. The van der Waals surface area contributed by atoms with Crippen LogP contribution >= 0.6 is 11.3 Å². The van der Waals surface area contributed by atoms with E-state index in [0.717, 1.165) is 56.7 Å². The summed E-state index contributed by atoms with van der Waals surface area (Å²) in [6, 6.07) is 1.99. The second-order valence-electron chi connectivity index (χ2n) is 5.75. The number of thiophene rings is 1. The molecule has 2 N–H and O–H groups in total. The van der Waals surface area contributed by atoms with Gasteiger partial charge in [-0.2, -0.15) is 0 Å². The third-order valence-electron chi connectivity index (χ3n) is 4.06. The van der Waals surface area contributed by atoms with Gasteiger partial charge in [-0.25, -0.2) is 0 Å². The van der Waals surface area contributed by atoms with Crippen molar-refractivity contribution in [2.75, 3.05) is 26.2 Å². The van der Waals surface area contributed by atoms with Gasteiger partial charge < -0.3 is 15.3 Å². The Morgan fingerprint density at radius 1 is 1.48 bits per heavy atom. The Bertz CT molecular complexity index is 465. The summed E-state index contributed by atoms with van der Waals surface area (Å²) in [6.45, 7) is 7.85. The van der Waals surface area contributed by atoms with Crippen LogP contribution in [0.25, 0.3) is 0 Å². The molecule has 1 aliphatic rings. The number of amides is 1. The standard InChI is InChI=1S/C16H26N2O2S/c1-3-14-12(2)11-15(21-14)16(20)17-7-4-8-18-9-5-13(19)6-10-18/h11,13,19H,3-10H2,1-2H3,(H,17,20). The molecule has 1 saturated heterocycles. The van der Waals surface area contributed by atoms with Gasteiger partial charge in [-0.1, -0.05) is 6.92 Å². The number of nitrogens with one attached hydrogen (secondary N) is 1. The second kappa shape index (κ2) is 7.92. The van der Waals surface area contributed by atoms with Crippen molar-refractivity contribution in [3.05, 3.63) is 21.4 Å². The van der Waals surface area contributed by atoms with Crippen LogP contribution in [0.5, 0.6) is 0 Å². The van der Waals surface area contributed by atoms with Gasteiger partial charge in [0.1, 0.15) is 0 Å². The Labute approximate surface area is 131 Å². The fourth-order valence-corrected chi connectivity index (χ4v) is 3.75. The van der Waals surface area contributed by atoms with Crippen LogP contribution in [0.3, 0.4) is 0 Å². The highest BCUT2D eigenvalue weighted by atomic mass is 32.1. The Kier molecular flexibility index (Phi) is 6.21. The first kappa shape index (κ1) is 16.5. The topological polar surface area (TPSA) is 52.6 Å². The summed E-state index contributed by atoms with van der Waals surface area (Å²) < 4.78 is 0. The minimum absolute atomic E-state index is 0.0527. The van der Waals surface area contributed by atoms with Crippen LogP contribution in [-0.2, 0) is 6.42 Å². The summed E-state index contributed by atoms with van der Waals surface area (Å²) >= 11 is 1.60. The average Bonchev–Trinajstić information content (AvgIpc) is 2.86. The fourth-order valence-electron chi connectivity index (χ4n) is 2.72. The number of nitrogens with zero attached hydrogens (tertiary/aromatic N) is 1. The summed E-state index contributed by atoms with van der Waals surface area (Å²) in [4.78, 5) is 16.6. The molecule has 1 amide bonds. The lowest BCUT2D eigenvalue weighted by Gasteiger charge is -2.29. The first-order chi connectivity index (χ1) is 10.1. The molecular formula is C16H26N2O2S. The van der Waals surface area contributed by atoms with Crippen molar-refractivity contribution >= 4 is 17.2 Å². The van der Waals surface area contributed by atoms with E-state index in [2.05, 4.69) is 24.1 Å². The van der Waals surface area contributed by atoms with Gasteiger partial charge >= 0.3 is 0 Å². The molecule has 118 valence electrons. The molecule has 21 heavy (non-hydrogen) atoms. The lowest BCUT2D eigenvalue weighted by Crippen LogP contribution is -2.37. The highest BCUT2D eigenvalue weighted by Crippen LogP contribution is 2.22. The third kappa shape index (κ3) is 4.80. The third-order valence-corrected chi connectivity index (χ3v) is 5.44. The molecular weight excluding hydrogens is 284 g/mol. The minimum Gasteiger partial charge on any atom is -0.393 e. The number of likely N-dealkylation sites (tertiary alicyclic amines) is 1. The van der Waals surface area contributed by atoms with Gasteiger partial charge in [-0.15, -0.1) is 11.3 Å². The molecule has 0 aromatic carbocycles. The van der Waals surface area contributed by atoms with Crippen molar-refractivity contribution in [3.63, 3.8) is 0 Å². The number of aliphatic hydroxyl groups is 1. The lowest BCUT2D eigenvalue weighted by atomic mass is 10.1. The van der Waals surface area contributed by atoms with E-state index in [0.29, 0.717) is 0 Å². The normalized spacial score (nSPS) is 17.1. The molecule has 0 atom stereocenters. The molecule has 5 heteroatoms. The van der Waals surface area contributed by atoms with Crippen LogP contribution in [0, 0.1) is 6.92 Å². The smallest absolute Gasteiger partial charge is 0.261 e. The Morgan fingerprint density at radius 2 is 2.19 bits per heavy atom. The van der Waals surface area contributed by atoms with Crippen molar-refractivity contribution in [3.8, 4) is 0 Å². The first-order valence-electron chi connectivity index (χ1n) is 7.88. The molecule has 2 heterocycles. The molecule has 0 spiro atoms. The maximum absolute atomic E-state index is 12.1. The van der Waals surface area contributed by atoms with E-state index in [-0.39, 0.29) is 12.0 Å². The molecule has 2 rings (SSSR count). The predicted molar refractivity (Wildman–Crippen MR) is 87.1 cm³/mol. The second-order valence-corrected chi connectivity index (χ2v) is 6.89. The van der Waals surface area contributed by atoms with Crippen LogP contribution in [0.1, 0.15) is 46.3 Å².